The van der Waals surface area contributed by atoms with Crippen molar-refractivity contribution in [3.8, 4) is 11.5 Å². The van der Waals surface area contributed by atoms with Gasteiger partial charge in [-0.05, 0) is 44.4 Å². The molecule has 0 saturated carbocycles. The van der Waals surface area contributed by atoms with Gasteiger partial charge in [0.25, 0.3) is 0 Å². The predicted molar refractivity (Wildman–Crippen MR) is 86.1 cm³/mol. The lowest BCUT2D eigenvalue weighted by molar-refractivity contribution is 0.242. The van der Waals surface area contributed by atoms with Gasteiger partial charge < -0.3 is 19.9 Å². The molecule has 0 amide bonds. The Balaban J connectivity index is 2.86. The molecule has 4 heteroatoms. The second-order valence-corrected chi connectivity index (χ2v) is 5.38. The molecule has 1 aromatic carbocycles. The zero-order chi connectivity index (χ0) is 15.7. The van der Waals surface area contributed by atoms with Gasteiger partial charge in [0.2, 0.25) is 0 Å². The van der Waals surface area contributed by atoms with Gasteiger partial charge in [0.15, 0.2) is 11.5 Å². The largest absolute Gasteiger partial charge is 0.490 e. The van der Waals surface area contributed by atoms with E-state index in [-0.39, 0.29) is 18.7 Å². The molecule has 2 N–H and O–H groups in total. The second kappa shape index (κ2) is 9.64. The average Bonchev–Trinajstić information content (AvgIpc) is 2.50. The molecular weight excluding hydrogens is 266 g/mol. The first-order valence-electron chi connectivity index (χ1n) is 7.88. The van der Waals surface area contributed by atoms with Crippen molar-refractivity contribution in [2.75, 3.05) is 19.8 Å². The van der Waals surface area contributed by atoms with Crippen LogP contribution in [-0.2, 0) is 0 Å². The smallest absolute Gasteiger partial charge is 0.161 e. The van der Waals surface area contributed by atoms with Crippen LogP contribution in [0.3, 0.4) is 0 Å². The molecule has 21 heavy (non-hydrogen) atoms. The number of hydrogen-bond donors (Lipinski definition) is 2. The molecule has 0 aromatic heterocycles. The van der Waals surface area contributed by atoms with Crippen molar-refractivity contribution in [2.24, 2.45) is 0 Å². The van der Waals surface area contributed by atoms with Crippen LogP contribution in [0.15, 0.2) is 18.2 Å². The van der Waals surface area contributed by atoms with Gasteiger partial charge in [-0.1, -0.05) is 19.9 Å². The summed E-state index contributed by atoms with van der Waals surface area (Å²) in [6.45, 7) is 9.72. The molecule has 0 aliphatic heterocycles. The molecule has 120 valence electrons. The predicted octanol–water partition coefficient (Wildman–Crippen LogP) is 3.30. The van der Waals surface area contributed by atoms with Gasteiger partial charge in [0.05, 0.1) is 19.8 Å². The third-order valence-electron chi connectivity index (χ3n) is 3.20. The highest BCUT2D eigenvalue weighted by Gasteiger charge is 2.13. The van der Waals surface area contributed by atoms with Gasteiger partial charge in [-0.25, -0.2) is 0 Å². The summed E-state index contributed by atoms with van der Waals surface area (Å²) in [4.78, 5) is 0. The summed E-state index contributed by atoms with van der Waals surface area (Å²) < 4.78 is 11.5. The first-order valence-corrected chi connectivity index (χ1v) is 7.88. The highest BCUT2D eigenvalue weighted by molar-refractivity contribution is 5.43. The third kappa shape index (κ3) is 5.94. The Labute approximate surface area is 128 Å². The lowest BCUT2D eigenvalue weighted by Crippen LogP contribution is -2.31. The lowest BCUT2D eigenvalue weighted by atomic mass is 10.1. The van der Waals surface area contributed by atoms with Crippen molar-refractivity contribution in [1.82, 2.24) is 5.32 Å². The number of aliphatic hydroxyl groups excluding tert-OH is 1. The standard InChI is InChI=1S/C17H29NO3/c1-5-9-20-16-8-7-15(11-17(16)21-10-6-2)14(4)18-13(3)12-19/h7-8,11,13-14,18-19H,5-6,9-10,12H2,1-4H3/t13-,14?/m1/s1. The average molecular weight is 295 g/mol. The van der Waals surface area contributed by atoms with Gasteiger partial charge in [-0.2, -0.15) is 0 Å². The van der Waals surface area contributed by atoms with Crippen LogP contribution in [0.4, 0.5) is 0 Å². The zero-order valence-corrected chi connectivity index (χ0v) is 13.7. The van der Waals surface area contributed by atoms with Gasteiger partial charge in [0, 0.05) is 12.1 Å². The molecule has 1 rings (SSSR count). The van der Waals surface area contributed by atoms with Crippen molar-refractivity contribution < 1.29 is 14.6 Å². The number of rotatable bonds is 10. The van der Waals surface area contributed by atoms with E-state index in [0.717, 1.165) is 29.9 Å². The highest BCUT2D eigenvalue weighted by Crippen LogP contribution is 2.31. The van der Waals surface area contributed by atoms with Crippen LogP contribution in [0.2, 0.25) is 0 Å². The van der Waals surface area contributed by atoms with Crippen LogP contribution in [0.1, 0.15) is 52.1 Å². The Bertz CT molecular complexity index is 409. The minimum Gasteiger partial charge on any atom is -0.490 e. The summed E-state index contributed by atoms with van der Waals surface area (Å²) in [6.07, 6.45) is 1.94. The number of benzene rings is 1. The first kappa shape index (κ1) is 17.8. The summed E-state index contributed by atoms with van der Waals surface area (Å²) >= 11 is 0. The maximum Gasteiger partial charge on any atom is 0.161 e. The van der Waals surface area contributed by atoms with Gasteiger partial charge in [-0.15, -0.1) is 0 Å². The monoisotopic (exact) mass is 295 g/mol. The van der Waals surface area contributed by atoms with E-state index in [0.29, 0.717) is 13.2 Å². The lowest BCUT2D eigenvalue weighted by Gasteiger charge is -2.20. The Hall–Kier alpha value is -1.26. The number of ether oxygens (including phenoxy) is 2. The highest BCUT2D eigenvalue weighted by atomic mass is 16.5. The van der Waals surface area contributed by atoms with Gasteiger partial charge >= 0.3 is 0 Å². The Morgan fingerprint density at radius 3 is 2.24 bits per heavy atom. The molecule has 0 heterocycles. The quantitative estimate of drug-likeness (QED) is 0.695. The molecule has 1 aromatic rings. The third-order valence-corrected chi connectivity index (χ3v) is 3.20. The van der Waals surface area contributed by atoms with E-state index in [1.165, 1.54) is 0 Å². The summed E-state index contributed by atoms with van der Waals surface area (Å²) in [5, 5.41) is 12.5. The van der Waals surface area contributed by atoms with Crippen molar-refractivity contribution in [3.63, 3.8) is 0 Å². The van der Waals surface area contributed by atoms with E-state index >= 15 is 0 Å². The van der Waals surface area contributed by atoms with Gasteiger partial charge in [-0.3, -0.25) is 0 Å². The number of nitrogens with one attached hydrogen (secondary N) is 1. The first-order chi connectivity index (χ1) is 10.1. The molecule has 0 aliphatic rings. The topological polar surface area (TPSA) is 50.7 Å². The fourth-order valence-electron chi connectivity index (χ4n) is 2.03. The molecule has 0 bridgehead atoms. The fourth-order valence-corrected chi connectivity index (χ4v) is 2.03. The van der Waals surface area contributed by atoms with Gasteiger partial charge in [0.1, 0.15) is 0 Å². The van der Waals surface area contributed by atoms with Crippen LogP contribution in [-0.4, -0.2) is 31.0 Å². The molecule has 0 aliphatic carbocycles. The molecule has 2 atom stereocenters. The molecule has 0 radical (unpaired) electrons. The van der Waals surface area contributed by atoms with E-state index < -0.39 is 0 Å². The van der Waals surface area contributed by atoms with Crippen LogP contribution >= 0.6 is 0 Å². The second-order valence-electron chi connectivity index (χ2n) is 5.38. The van der Waals surface area contributed by atoms with E-state index in [4.69, 9.17) is 14.6 Å². The van der Waals surface area contributed by atoms with Crippen LogP contribution in [0.25, 0.3) is 0 Å². The maximum atomic E-state index is 9.14. The van der Waals surface area contributed by atoms with E-state index in [1.54, 1.807) is 0 Å². The number of hydrogen-bond acceptors (Lipinski definition) is 4. The Kier molecular flexibility index (Phi) is 8.16. The molecule has 0 saturated heterocycles. The summed E-state index contributed by atoms with van der Waals surface area (Å²) in [6, 6.07) is 6.26. The van der Waals surface area contributed by atoms with E-state index in [2.05, 4.69) is 26.1 Å². The van der Waals surface area contributed by atoms with Crippen molar-refractivity contribution >= 4 is 0 Å². The number of aliphatic hydroxyl groups is 1. The summed E-state index contributed by atoms with van der Waals surface area (Å²) in [5.74, 6) is 1.60. The molecule has 0 fully saturated rings. The van der Waals surface area contributed by atoms with Crippen LogP contribution < -0.4 is 14.8 Å². The molecule has 0 spiro atoms. The zero-order valence-electron chi connectivity index (χ0n) is 13.7. The van der Waals surface area contributed by atoms with Crippen molar-refractivity contribution in [3.05, 3.63) is 23.8 Å². The molecule has 1 unspecified atom stereocenters. The normalized spacial score (nSPS) is 13.8. The summed E-state index contributed by atoms with van der Waals surface area (Å²) in [5.41, 5.74) is 1.13. The van der Waals surface area contributed by atoms with Crippen LogP contribution in [0.5, 0.6) is 11.5 Å². The van der Waals surface area contributed by atoms with Crippen LogP contribution in [0, 0.1) is 0 Å². The molecule has 4 nitrogen and oxygen atoms in total. The fraction of sp³-hybridized carbons (Fsp3) is 0.647. The minimum absolute atomic E-state index is 0.0658. The maximum absolute atomic E-state index is 9.14. The Morgan fingerprint density at radius 2 is 1.67 bits per heavy atom. The summed E-state index contributed by atoms with van der Waals surface area (Å²) in [7, 11) is 0. The van der Waals surface area contributed by atoms with E-state index in [9.17, 15) is 0 Å². The molecular formula is C17H29NO3. The SMILES string of the molecule is CCCOc1ccc(C(C)N[C@H](C)CO)cc1OCCC. The Morgan fingerprint density at radius 1 is 1.05 bits per heavy atom. The van der Waals surface area contributed by atoms with Crippen molar-refractivity contribution in [2.45, 2.75) is 52.6 Å². The van der Waals surface area contributed by atoms with Crippen molar-refractivity contribution in [1.29, 1.82) is 0 Å². The van der Waals surface area contributed by atoms with E-state index in [1.807, 2.05) is 25.1 Å². The minimum atomic E-state index is 0.0658.